The third-order valence-corrected chi connectivity index (χ3v) is 5.37. The SMILES string of the molecule is C=C1CC(OCc2ccc(OC)cc2)C(OC)C(C(C)=CCCC(C)C)C1=O. The van der Waals surface area contributed by atoms with Crippen LogP contribution in [0.5, 0.6) is 5.75 Å². The second-order valence-electron chi connectivity index (χ2n) is 7.97. The zero-order valence-corrected chi connectivity index (χ0v) is 17.9. The number of allylic oxidation sites excluding steroid dienone is 1. The number of benzene rings is 1. The molecule has 0 aliphatic heterocycles. The molecule has 0 heterocycles. The quantitative estimate of drug-likeness (QED) is 0.436. The van der Waals surface area contributed by atoms with Gasteiger partial charge in [-0.15, -0.1) is 0 Å². The van der Waals surface area contributed by atoms with Crippen molar-refractivity contribution in [3.8, 4) is 5.75 Å². The molecule has 1 aromatic rings. The van der Waals surface area contributed by atoms with Gasteiger partial charge >= 0.3 is 0 Å². The van der Waals surface area contributed by atoms with Crippen LogP contribution in [0, 0.1) is 11.8 Å². The van der Waals surface area contributed by atoms with Crippen molar-refractivity contribution >= 4 is 5.78 Å². The number of hydrogen-bond acceptors (Lipinski definition) is 4. The van der Waals surface area contributed by atoms with E-state index in [0.717, 1.165) is 29.7 Å². The molecule has 28 heavy (non-hydrogen) atoms. The van der Waals surface area contributed by atoms with Crippen molar-refractivity contribution in [3.63, 3.8) is 0 Å². The fourth-order valence-corrected chi connectivity index (χ4v) is 3.65. The smallest absolute Gasteiger partial charge is 0.168 e. The van der Waals surface area contributed by atoms with Crippen LogP contribution >= 0.6 is 0 Å². The highest BCUT2D eigenvalue weighted by Crippen LogP contribution is 2.34. The normalized spacial score (nSPS) is 23.4. The molecule has 0 spiro atoms. The molecule has 3 atom stereocenters. The average Bonchev–Trinajstić information content (AvgIpc) is 2.68. The zero-order valence-electron chi connectivity index (χ0n) is 17.9. The molecule has 0 amide bonds. The number of ketones is 1. The van der Waals surface area contributed by atoms with E-state index in [1.165, 1.54) is 0 Å². The number of methoxy groups -OCH3 is 2. The minimum Gasteiger partial charge on any atom is -0.497 e. The molecule has 1 aliphatic rings. The molecule has 1 aromatic carbocycles. The Balaban J connectivity index is 2.10. The summed E-state index contributed by atoms with van der Waals surface area (Å²) in [6, 6.07) is 7.80. The summed E-state index contributed by atoms with van der Waals surface area (Å²) in [6.07, 6.45) is 4.25. The molecule has 1 saturated carbocycles. The molecule has 4 nitrogen and oxygen atoms in total. The van der Waals surface area contributed by atoms with Gasteiger partial charge in [0, 0.05) is 13.5 Å². The van der Waals surface area contributed by atoms with Crippen LogP contribution in [0.4, 0.5) is 0 Å². The van der Waals surface area contributed by atoms with Gasteiger partial charge in [-0.25, -0.2) is 0 Å². The van der Waals surface area contributed by atoms with E-state index in [1.54, 1.807) is 14.2 Å². The van der Waals surface area contributed by atoms with Gasteiger partial charge in [-0.05, 0) is 49.0 Å². The molecule has 0 bridgehead atoms. The van der Waals surface area contributed by atoms with E-state index >= 15 is 0 Å². The van der Waals surface area contributed by atoms with Crippen molar-refractivity contribution < 1.29 is 19.0 Å². The molecule has 2 rings (SSSR count). The van der Waals surface area contributed by atoms with Crippen LogP contribution in [-0.2, 0) is 20.9 Å². The Kier molecular flexibility index (Phi) is 8.46. The molecule has 1 aliphatic carbocycles. The second-order valence-corrected chi connectivity index (χ2v) is 7.97. The Morgan fingerprint density at radius 1 is 1.25 bits per heavy atom. The summed E-state index contributed by atoms with van der Waals surface area (Å²) in [5.74, 6) is 1.21. The Morgan fingerprint density at radius 3 is 2.50 bits per heavy atom. The van der Waals surface area contributed by atoms with Crippen LogP contribution in [0.2, 0.25) is 0 Å². The predicted octanol–water partition coefficient (Wildman–Crippen LogP) is 5.12. The number of rotatable bonds is 9. The molecule has 0 saturated heterocycles. The first-order chi connectivity index (χ1) is 13.4. The van der Waals surface area contributed by atoms with E-state index in [9.17, 15) is 4.79 Å². The number of carbonyl (C=O) groups excluding carboxylic acids is 1. The standard InChI is InChI=1S/C24H34O4/c1-16(2)8-7-9-17(3)22-23(25)18(4)14-21(24(22)27-6)28-15-19-10-12-20(26-5)13-11-19/h9-13,16,21-22,24H,4,7-8,14-15H2,1-3,5-6H3. The van der Waals surface area contributed by atoms with Crippen LogP contribution in [-0.4, -0.2) is 32.2 Å². The predicted molar refractivity (Wildman–Crippen MR) is 112 cm³/mol. The summed E-state index contributed by atoms with van der Waals surface area (Å²) in [6.45, 7) is 10.9. The van der Waals surface area contributed by atoms with E-state index in [-0.39, 0.29) is 23.9 Å². The number of hydrogen-bond donors (Lipinski definition) is 0. The Hall–Kier alpha value is -1.91. The summed E-state index contributed by atoms with van der Waals surface area (Å²) >= 11 is 0. The Bertz CT molecular complexity index is 687. The number of ether oxygens (including phenoxy) is 3. The highest BCUT2D eigenvalue weighted by Gasteiger charge is 2.42. The summed E-state index contributed by atoms with van der Waals surface area (Å²) < 4.78 is 17.1. The monoisotopic (exact) mass is 386 g/mol. The van der Waals surface area contributed by atoms with Gasteiger partial charge in [-0.1, -0.05) is 44.2 Å². The van der Waals surface area contributed by atoms with Crippen LogP contribution in [0.1, 0.15) is 45.6 Å². The van der Waals surface area contributed by atoms with E-state index < -0.39 is 0 Å². The van der Waals surface area contributed by atoms with Crippen molar-refractivity contribution in [3.05, 3.63) is 53.6 Å². The summed E-state index contributed by atoms with van der Waals surface area (Å²) in [7, 11) is 3.31. The van der Waals surface area contributed by atoms with Crippen molar-refractivity contribution in [2.75, 3.05) is 14.2 Å². The van der Waals surface area contributed by atoms with Crippen LogP contribution in [0.3, 0.4) is 0 Å². The van der Waals surface area contributed by atoms with Crippen molar-refractivity contribution in [1.29, 1.82) is 0 Å². The van der Waals surface area contributed by atoms with Crippen molar-refractivity contribution in [1.82, 2.24) is 0 Å². The first kappa shape index (κ1) is 22.4. The molecule has 0 radical (unpaired) electrons. The van der Waals surface area contributed by atoms with Crippen LogP contribution < -0.4 is 4.74 Å². The summed E-state index contributed by atoms with van der Waals surface area (Å²) in [5, 5.41) is 0. The van der Waals surface area contributed by atoms with E-state index in [1.807, 2.05) is 31.2 Å². The highest BCUT2D eigenvalue weighted by molar-refractivity contribution is 5.99. The third-order valence-electron chi connectivity index (χ3n) is 5.37. The second kappa shape index (κ2) is 10.6. The zero-order chi connectivity index (χ0) is 20.7. The highest BCUT2D eigenvalue weighted by atomic mass is 16.5. The first-order valence-electron chi connectivity index (χ1n) is 10.0. The van der Waals surface area contributed by atoms with E-state index in [2.05, 4.69) is 26.5 Å². The molecular formula is C24H34O4. The Labute approximate surface area is 169 Å². The number of carbonyl (C=O) groups is 1. The van der Waals surface area contributed by atoms with Gasteiger partial charge in [-0.2, -0.15) is 0 Å². The van der Waals surface area contributed by atoms with Gasteiger partial charge in [-0.3, -0.25) is 4.79 Å². The fourth-order valence-electron chi connectivity index (χ4n) is 3.65. The third kappa shape index (κ3) is 5.79. The lowest BCUT2D eigenvalue weighted by molar-refractivity contribution is -0.136. The fraction of sp³-hybridized carbons (Fsp3) is 0.542. The molecule has 0 aromatic heterocycles. The maximum Gasteiger partial charge on any atom is 0.168 e. The molecule has 0 N–H and O–H groups in total. The lowest BCUT2D eigenvalue weighted by Gasteiger charge is -2.37. The van der Waals surface area contributed by atoms with Gasteiger partial charge in [0.25, 0.3) is 0 Å². The van der Waals surface area contributed by atoms with Gasteiger partial charge in [0.1, 0.15) is 5.75 Å². The van der Waals surface area contributed by atoms with E-state index in [0.29, 0.717) is 24.5 Å². The van der Waals surface area contributed by atoms with Crippen molar-refractivity contribution in [2.45, 2.75) is 58.8 Å². The molecular weight excluding hydrogens is 352 g/mol. The first-order valence-corrected chi connectivity index (χ1v) is 10.0. The molecule has 4 heteroatoms. The maximum atomic E-state index is 12.8. The molecule has 3 unspecified atom stereocenters. The lowest BCUT2D eigenvalue weighted by atomic mass is 9.76. The maximum absolute atomic E-state index is 12.8. The Morgan fingerprint density at radius 2 is 1.93 bits per heavy atom. The lowest BCUT2D eigenvalue weighted by Crippen LogP contribution is -2.46. The van der Waals surface area contributed by atoms with Gasteiger partial charge < -0.3 is 14.2 Å². The van der Waals surface area contributed by atoms with Crippen LogP contribution in [0.15, 0.2) is 48.1 Å². The minimum absolute atomic E-state index is 0.0782. The number of Topliss-reactive ketones (excluding diaryl/α,β-unsaturated/α-hetero) is 1. The van der Waals surface area contributed by atoms with Gasteiger partial charge in [0.15, 0.2) is 5.78 Å². The molecule has 154 valence electrons. The van der Waals surface area contributed by atoms with Crippen LogP contribution in [0.25, 0.3) is 0 Å². The van der Waals surface area contributed by atoms with E-state index in [4.69, 9.17) is 14.2 Å². The van der Waals surface area contributed by atoms with Gasteiger partial charge in [0.2, 0.25) is 0 Å². The minimum atomic E-state index is -0.320. The molecule has 1 fully saturated rings. The average molecular weight is 387 g/mol. The van der Waals surface area contributed by atoms with Crippen molar-refractivity contribution in [2.24, 2.45) is 11.8 Å². The largest absolute Gasteiger partial charge is 0.497 e. The summed E-state index contributed by atoms with van der Waals surface area (Å²) in [5.41, 5.74) is 2.73. The summed E-state index contributed by atoms with van der Waals surface area (Å²) in [4.78, 5) is 12.8. The topological polar surface area (TPSA) is 44.8 Å². The van der Waals surface area contributed by atoms with Gasteiger partial charge in [0.05, 0.1) is 31.8 Å².